The Morgan fingerprint density at radius 3 is 2.84 bits per heavy atom. The molecule has 0 spiro atoms. The molecule has 1 fully saturated rings. The number of aromatic nitrogens is 2. The average molecular weight is 259 g/mol. The fourth-order valence-corrected chi connectivity index (χ4v) is 2.41. The van der Waals surface area contributed by atoms with Crippen molar-refractivity contribution in [1.82, 2.24) is 14.9 Å². The number of fused-ring (bicyclic) bond motifs is 1. The quantitative estimate of drug-likeness (QED) is 0.858. The van der Waals surface area contributed by atoms with Crippen LogP contribution in [-0.4, -0.2) is 32.8 Å². The topological polar surface area (TPSA) is 50.1 Å². The molecular formula is C15H21N3O. The fraction of sp³-hybridized carbons (Fsp3) is 0.533. The fourth-order valence-electron chi connectivity index (χ4n) is 2.41. The van der Waals surface area contributed by atoms with Crippen LogP contribution in [0.15, 0.2) is 24.3 Å². The van der Waals surface area contributed by atoms with Gasteiger partial charge in [-0.25, -0.2) is 4.98 Å². The first kappa shape index (κ1) is 12.6. The molecule has 1 heterocycles. The standard InChI is InChI=1S/C15H21N3O/c1-15(19,10-16-11-7-8-11)9-14-17-12-5-3-4-6-13(12)18(14)2/h3-6,11,16,19H,7-10H2,1-2H3. The molecule has 1 aromatic carbocycles. The summed E-state index contributed by atoms with van der Waals surface area (Å²) in [6.07, 6.45) is 3.04. The summed E-state index contributed by atoms with van der Waals surface area (Å²) in [6, 6.07) is 8.69. The molecule has 1 unspecified atom stereocenters. The number of hydrogen-bond acceptors (Lipinski definition) is 3. The van der Waals surface area contributed by atoms with E-state index in [1.54, 1.807) is 0 Å². The molecule has 3 rings (SSSR count). The van der Waals surface area contributed by atoms with E-state index < -0.39 is 5.60 Å². The van der Waals surface area contributed by atoms with Crippen molar-refractivity contribution in [2.45, 2.75) is 37.8 Å². The highest BCUT2D eigenvalue weighted by Gasteiger charge is 2.28. The lowest BCUT2D eigenvalue weighted by molar-refractivity contribution is 0.0572. The summed E-state index contributed by atoms with van der Waals surface area (Å²) < 4.78 is 2.07. The highest BCUT2D eigenvalue weighted by Crippen LogP contribution is 2.21. The summed E-state index contributed by atoms with van der Waals surface area (Å²) in [5.74, 6) is 0.934. The first-order valence-corrected chi connectivity index (χ1v) is 6.91. The maximum Gasteiger partial charge on any atom is 0.112 e. The molecule has 19 heavy (non-hydrogen) atoms. The lowest BCUT2D eigenvalue weighted by atomic mass is 10.0. The van der Waals surface area contributed by atoms with Gasteiger partial charge in [0.25, 0.3) is 0 Å². The highest BCUT2D eigenvalue weighted by atomic mass is 16.3. The van der Waals surface area contributed by atoms with E-state index in [0.717, 1.165) is 16.9 Å². The van der Waals surface area contributed by atoms with Crippen molar-refractivity contribution in [1.29, 1.82) is 0 Å². The zero-order valence-electron chi connectivity index (χ0n) is 11.6. The molecule has 0 bridgehead atoms. The van der Waals surface area contributed by atoms with Gasteiger partial charge in [0.2, 0.25) is 0 Å². The lowest BCUT2D eigenvalue weighted by Gasteiger charge is -2.23. The second-order valence-electron chi connectivity index (χ2n) is 5.90. The molecule has 2 N–H and O–H groups in total. The van der Waals surface area contributed by atoms with Crippen LogP contribution in [0.5, 0.6) is 0 Å². The molecule has 2 aromatic rings. The van der Waals surface area contributed by atoms with Crippen LogP contribution in [0, 0.1) is 0 Å². The van der Waals surface area contributed by atoms with Crippen LogP contribution in [0.4, 0.5) is 0 Å². The third-order valence-corrected chi connectivity index (χ3v) is 3.77. The molecule has 1 aliphatic rings. The molecule has 4 nitrogen and oxygen atoms in total. The third kappa shape index (κ3) is 2.80. The summed E-state index contributed by atoms with van der Waals surface area (Å²) >= 11 is 0. The number of imidazole rings is 1. The van der Waals surface area contributed by atoms with Crippen molar-refractivity contribution in [2.24, 2.45) is 7.05 Å². The molecule has 102 valence electrons. The Hall–Kier alpha value is -1.39. The van der Waals surface area contributed by atoms with Crippen LogP contribution in [0.2, 0.25) is 0 Å². The second kappa shape index (κ2) is 4.62. The number of hydrogen-bond donors (Lipinski definition) is 2. The van der Waals surface area contributed by atoms with Crippen molar-refractivity contribution < 1.29 is 5.11 Å². The van der Waals surface area contributed by atoms with Crippen LogP contribution in [-0.2, 0) is 13.5 Å². The van der Waals surface area contributed by atoms with Crippen molar-refractivity contribution >= 4 is 11.0 Å². The second-order valence-corrected chi connectivity index (χ2v) is 5.90. The van der Waals surface area contributed by atoms with E-state index in [1.165, 1.54) is 12.8 Å². The molecule has 0 radical (unpaired) electrons. The maximum atomic E-state index is 10.5. The predicted molar refractivity (Wildman–Crippen MR) is 76.1 cm³/mol. The summed E-state index contributed by atoms with van der Waals surface area (Å²) in [5, 5.41) is 13.9. The van der Waals surface area contributed by atoms with Gasteiger partial charge in [-0.3, -0.25) is 0 Å². The number of nitrogens with one attached hydrogen (secondary N) is 1. The number of aliphatic hydroxyl groups is 1. The maximum absolute atomic E-state index is 10.5. The summed E-state index contributed by atoms with van der Waals surface area (Å²) in [5.41, 5.74) is 1.35. The van der Waals surface area contributed by atoms with E-state index in [4.69, 9.17) is 0 Å². The van der Waals surface area contributed by atoms with Crippen molar-refractivity contribution in [3.63, 3.8) is 0 Å². The van der Waals surface area contributed by atoms with Gasteiger partial charge in [0, 0.05) is 26.1 Å². The Kier molecular flexibility index (Phi) is 3.07. The normalized spacial score (nSPS) is 18.7. The summed E-state index contributed by atoms with van der Waals surface area (Å²) in [4.78, 5) is 4.62. The number of nitrogens with zero attached hydrogens (tertiary/aromatic N) is 2. The number of benzene rings is 1. The number of aryl methyl sites for hydroxylation is 1. The molecule has 0 amide bonds. The molecule has 1 aliphatic carbocycles. The molecule has 1 aromatic heterocycles. The van der Waals surface area contributed by atoms with Gasteiger partial charge in [0.05, 0.1) is 16.6 Å². The molecule has 1 saturated carbocycles. The number of para-hydroxylation sites is 2. The Morgan fingerprint density at radius 2 is 2.16 bits per heavy atom. The molecule has 0 aliphatic heterocycles. The van der Waals surface area contributed by atoms with Gasteiger partial charge < -0.3 is 15.0 Å². The minimum absolute atomic E-state index is 0.567. The minimum atomic E-state index is -0.752. The van der Waals surface area contributed by atoms with Gasteiger partial charge >= 0.3 is 0 Å². The Morgan fingerprint density at radius 1 is 1.42 bits per heavy atom. The largest absolute Gasteiger partial charge is 0.388 e. The van der Waals surface area contributed by atoms with Gasteiger partial charge in [-0.05, 0) is 31.9 Å². The molecule has 1 atom stereocenters. The van der Waals surface area contributed by atoms with Crippen molar-refractivity contribution in [3.05, 3.63) is 30.1 Å². The van der Waals surface area contributed by atoms with Crippen LogP contribution in [0.25, 0.3) is 11.0 Å². The van der Waals surface area contributed by atoms with Crippen LogP contribution < -0.4 is 5.32 Å². The van der Waals surface area contributed by atoms with Gasteiger partial charge in [-0.15, -0.1) is 0 Å². The van der Waals surface area contributed by atoms with Crippen LogP contribution in [0.3, 0.4) is 0 Å². The molecular weight excluding hydrogens is 238 g/mol. The van der Waals surface area contributed by atoms with E-state index in [0.29, 0.717) is 19.0 Å². The third-order valence-electron chi connectivity index (χ3n) is 3.77. The lowest BCUT2D eigenvalue weighted by Crippen LogP contribution is -2.41. The van der Waals surface area contributed by atoms with E-state index in [1.807, 2.05) is 32.2 Å². The van der Waals surface area contributed by atoms with Crippen molar-refractivity contribution in [2.75, 3.05) is 6.54 Å². The minimum Gasteiger partial charge on any atom is -0.388 e. The van der Waals surface area contributed by atoms with Crippen LogP contribution in [0.1, 0.15) is 25.6 Å². The Balaban J connectivity index is 1.77. The van der Waals surface area contributed by atoms with E-state index in [2.05, 4.69) is 20.9 Å². The smallest absolute Gasteiger partial charge is 0.112 e. The zero-order chi connectivity index (χ0) is 13.5. The Labute approximate surface area is 113 Å². The Bertz CT molecular complexity index is 584. The monoisotopic (exact) mass is 259 g/mol. The molecule has 0 saturated heterocycles. The highest BCUT2D eigenvalue weighted by molar-refractivity contribution is 5.75. The molecule has 4 heteroatoms. The number of rotatable bonds is 5. The van der Waals surface area contributed by atoms with Crippen LogP contribution >= 0.6 is 0 Å². The average Bonchev–Trinajstić information content (AvgIpc) is 3.15. The predicted octanol–water partition coefficient (Wildman–Crippen LogP) is 1.62. The van der Waals surface area contributed by atoms with Gasteiger partial charge in [0.15, 0.2) is 0 Å². The summed E-state index contributed by atoms with van der Waals surface area (Å²) in [7, 11) is 2.01. The first-order valence-electron chi connectivity index (χ1n) is 6.91. The summed E-state index contributed by atoms with van der Waals surface area (Å²) in [6.45, 7) is 2.50. The van der Waals surface area contributed by atoms with E-state index >= 15 is 0 Å². The zero-order valence-corrected chi connectivity index (χ0v) is 11.6. The SMILES string of the molecule is Cn1c(CC(C)(O)CNC2CC2)nc2ccccc21. The van der Waals surface area contributed by atoms with Crippen molar-refractivity contribution in [3.8, 4) is 0 Å². The first-order chi connectivity index (χ1) is 9.05. The van der Waals surface area contributed by atoms with Gasteiger partial charge in [-0.2, -0.15) is 0 Å². The van der Waals surface area contributed by atoms with E-state index in [9.17, 15) is 5.11 Å². The van der Waals surface area contributed by atoms with E-state index in [-0.39, 0.29) is 0 Å². The van der Waals surface area contributed by atoms with Gasteiger partial charge in [-0.1, -0.05) is 12.1 Å². The van der Waals surface area contributed by atoms with Gasteiger partial charge in [0.1, 0.15) is 5.82 Å².